The normalized spacial score (nSPS) is 24.4. The van der Waals surface area contributed by atoms with Crippen LogP contribution in [0.2, 0.25) is 0 Å². The molecule has 1 aliphatic carbocycles. The van der Waals surface area contributed by atoms with Crippen molar-refractivity contribution < 1.29 is 28.7 Å². The molecule has 2 aromatic carbocycles. The summed E-state index contributed by atoms with van der Waals surface area (Å²) < 4.78 is 9.88. The molecular weight excluding hydrogens is 779 g/mol. The highest BCUT2D eigenvalue weighted by atomic mass is 16.5. The molecule has 1 unspecified atom stereocenters. The average molecular weight is 844 g/mol. The summed E-state index contributed by atoms with van der Waals surface area (Å²) in [6, 6.07) is 13.5. The van der Waals surface area contributed by atoms with Gasteiger partial charge in [0.05, 0.1) is 51.0 Å². The topological polar surface area (TPSA) is 121 Å². The summed E-state index contributed by atoms with van der Waals surface area (Å²) in [7, 11) is 5.05. The number of nitrogens with zero attached hydrogens (tertiary/aromatic N) is 5. The molecule has 3 fully saturated rings. The second-order valence-corrected chi connectivity index (χ2v) is 19.2. The van der Waals surface area contributed by atoms with Gasteiger partial charge in [0, 0.05) is 55.3 Å². The van der Waals surface area contributed by atoms with Gasteiger partial charge in [-0.1, -0.05) is 64.1 Å². The molecule has 0 radical (unpaired) electrons. The first-order valence-electron chi connectivity index (χ1n) is 23.1. The summed E-state index contributed by atoms with van der Waals surface area (Å²) in [6.07, 6.45) is 13.7. The van der Waals surface area contributed by atoms with Gasteiger partial charge in [0.2, 0.25) is 11.8 Å². The van der Waals surface area contributed by atoms with Crippen molar-refractivity contribution in [2.75, 3.05) is 40.9 Å². The number of amides is 2. The maximum atomic E-state index is 13.9. The highest BCUT2D eigenvalue weighted by Gasteiger charge is 2.48. The van der Waals surface area contributed by atoms with Gasteiger partial charge in [-0.2, -0.15) is 0 Å². The predicted molar refractivity (Wildman–Crippen MR) is 243 cm³/mol. The molecule has 0 bridgehead atoms. The van der Waals surface area contributed by atoms with E-state index >= 15 is 0 Å². The quantitative estimate of drug-likeness (QED) is 0.186. The number of carbonyl (C=O) groups excluding carboxylic acids is 4. The minimum atomic E-state index is -0.410. The maximum absolute atomic E-state index is 13.9. The minimum absolute atomic E-state index is 0.00485. The van der Waals surface area contributed by atoms with Crippen LogP contribution in [0.5, 0.6) is 0 Å². The second kappa shape index (κ2) is 18.1. The van der Waals surface area contributed by atoms with Crippen LogP contribution >= 0.6 is 0 Å². The molecule has 0 N–H and O–H groups in total. The number of hydrogen-bond donors (Lipinski definition) is 0. The highest BCUT2D eigenvalue weighted by Crippen LogP contribution is 2.53. The van der Waals surface area contributed by atoms with Gasteiger partial charge < -0.3 is 19.3 Å². The summed E-state index contributed by atoms with van der Waals surface area (Å²) in [5.74, 6) is -1.41. The van der Waals surface area contributed by atoms with Crippen molar-refractivity contribution in [3.05, 3.63) is 71.1 Å². The zero-order valence-electron chi connectivity index (χ0n) is 37.9. The Hall–Kier alpha value is -4.90. The van der Waals surface area contributed by atoms with Gasteiger partial charge in [-0.3, -0.25) is 34.1 Å². The Morgan fingerprint density at radius 1 is 0.677 bits per heavy atom. The lowest BCUT2D eigenvalue weighted by atomic mass is 9.81. The molecular formula is C51H65N5O6. The Bertz CT molecular complexity index is 2220. The molecule has 5 heterocycles. The third-order valence-corrected chi connectivity index (χ3v) is 15.1. The SMILES string of the molecule is COC(=O)C[C@H](C(=O)N1CCC[C@H]1C1=NC=C(c2ccc(-c3ccc(C4=CN=C([C@@H]5CCCN5C(=O)[C@@H](CC(=O)OC)C(C)C)C4)c4c3C3(CCCN3C)CC4)cc2)C1)C(C)C. The average Bonchev–Trinajstić information content (AvgIpc) is 4.13. The third kappa shape index (κ3) is 8.10. The molecule has 3 saturated heterocycles. The zero-order chi connectivity index (χ0) is 43.9. The van der Waals surface area contributed by atoms with E-state index in [9.17, 15) is 19.2 Å². The number of likely N-dealkylation sites (tertiary alicyclic amines) is 3. The standard InChI is InChI=1S/C51H65N5O6/c1-31(2)40(27-46(57)61-6)49(59)55-23-8-11-44(55)42-25-35(29-52-42)33-13-15-34(16-14-33)38-18-17-37(39-19-21-51(48(38)39)20-10-22-54(51)5)36-26-43(53-30-36)45-12-9-24-56(45)50(60)41(32(3)4)28-47(58)62-7/h13-18,29-32,40-41,44-45H,8-12,19-28H2,1-7H3/t40-,41-,44-,45-,51?/m0/s1. The smallest absolute Gasteiger partial charge is 0.306 e. The number of ether oxygens (including phenoxy) is 2. The lowest BCUT2D eigenvalue weighted by molar-refractivity contribution is -0.148. The molecule has 11 nitrogen and oxygen atoms in total. The number of aliphatic imine (C=N–C) groups is 2. The van der Waals surface area contributed by atoms with Crippen LogP contribution in [0.1, 0.15) is 121 Å². The van der Waals surface area contributed by atoms with Crippen LogP contribution in [-0.2, 0) is 40.6 Å². The number of fused-ring (bicyclic) bond motifs is 2. The van der Waals surface area contributed by atoms with Crippen molar-refractivity contribution >= 4 is 46.3 Å². The van der Waals surface area contributed by atoms with Crippen LogP contribution < -0.4 is 0 Å². The molecule has 5 aliphatic heterocycles. The molecule has 62 heavy (non-hydrogen) atoms. The first-order chi connectivity index (χ1) is 29.8. The molecule has 8 rings (SSSR count). The number of allylic oxidation sites excluding steroid dienone is 2. The van der Waals surface area contributed by atoms with Crippen LogP contribution in [0.3, 0.4) is 0 Å². The molecule has 2 amide bonds. The fourth-order valence-corrected chi connectivity index (χ4v) is 11.5. The number of methoxy groups -OCH3 is 2. The number of rotatable bonds is 13. The predicted octanol–water partition coefficient (Wildman–Crippen LogP) is 8.24. The van der Waals surface area contributed by atoms with E-state index in [1.165, 1.54) is 54.0 Å². The zero-order valence-corrected chi connectivity index (χ0v) is 37.9. The van der Waals surface area contributed by atoms with Gasteiger partial charge in [-0.05, 0) is 121 Å². The fourth-order valence-electron chi connectivity index (χ4n) is 11.5. The molecule has 330 valence electrons. The summed E-state index contributed by atoms with van der Waals surface area (Å²) in [6.45, 7) is 10.4. The molecule has 2 aromatic rings. The monoisotopic (exact) mass is 843 g/mol. The summed E-state index contributed by atoms with van der Waals surface area (Å²) in [5.41, 5.74) is 12.3. The van der Waals surface area contributed by atoms with E-state index in [-0.39, 0.29) is 66.1 Å². The van der Waals surface area contributed by atoms with Crippen molar-refractivity contribution in [2.24, 2.45) is 33.7 Å². The van der Waals surface area contributed by atoms with Crippen molar-refractivity contribution in [3.63, 3.8) is 0 Å². The van der Waals surface area contributed by atoms with Gasteiger partial charge in [-0.25, -0.2) is 0 Å². The van der Waals surface area contributed by atoms with Crippen LogP contribution in [0.4, 0.5) is 0 Å². The summed E-state index contributed by atoms with van der Waals surface area (Å²) in [5, 5.41) is 0. The number of benzene rings is 2. The van der Waals surface area contributed by atoms with E-state index < -0.39 is 11.8 Å². The number of carbonyl (C=O) groups is 4. The lowest BCUT2D eigenvalue weighted by Crippen LogP contribution is -2.45. The van der Waals surface area contributed by atoms with Crippen LogP contribution in [0.15, 0.2) is 58.8 Å². The van der Waals surface area contributed by atoms with Gasteiger partial charge >= 0.3 is 11.9 Å². The van der Waals surface area contributed by atoms with E-state index in [1.54, 1.807) is 0 Å². The molecule has 0 aromatic heterocycles. The van der Waals surface area contributed by atoms with E-state index in [4.69, 9.17) is 19.5 Å². The Kier molecular flexibility index (Phi) is 12.7. The first kappa shape index (κ1) is 43.7. The Morgan fingerprint density at radius 3 is 1.71 bits per heavy atom. The van der Waals surface area contributed by atoms with Crippen molar-refractivity contribution in [1.82, 2.24) is 14.7 Å². The molecule has 0 saturated carbocycles. The van der Waals surface area contributed by atoms with Gasteiger partial charge in [0.1, 0.15) is 0 Å². The maximum Gasteiger partial charge on any atom is 0.306 e. The lowest BCUT2D eigenvalue weighted by Gasteiger charge is -2.35. The Morgan fingerprint density at radius 2 is 1.19 bits per heavy atom. The molecule has 6 aliphatic rings. The number of hydrogen-bond acceptors (Lipinski definition) is 9. The van der Waals surface area contributed by atoms with E-state index in [2.05, 4.69) is 54.5 Å². The van der Waals surface area contributed by atoms with E-state index in [0.717, 1.165) is 80.5 Å². The molecule has 5 atom stereocenters. The van der Waals surface area contributed by atoms with E-state index in [0.29, 0.717) is 19.5 Å². The third-order valence-electron chi connectivity index (χ3n) is 15.1. The fraction of sp³-hybridized carbons (Fsp3) is 0.569. The first-order valence-corrected chi connectivity index (χ1v) is 23.1. The molecule has 11 heteroatoms. The largest absolute Gasteiger partial charge is 0.469 e. The highest BCUT2D eigenvalue weighted by molar-refractivity contribution is 6.05. The van der Waals surface area contributed by atoms with Crippen LogP contribution in [-0.4, -0.2) is 103 Å². The Balaban J connectivity index is 0.995. The second-order valence-electron chi connectivity index (χ2n) is 19.2. The van der Waals surface area contributed by atoms with Crippen molar-refractivity contribution in [1.29, 1.82) is 0 Å². The van der Waals surface area contributed by atoms with Crippen LogP contribution in [0, 0.1) is 23.7 Å². The summed E-state index contributed by atoms with van der Waals surface area (Å²) >= 11 is 0. The van der Waals surface area contributed by atoms with Crippen molar-refractivity contribution in [3.8, 4) is 11.1 Å². The van der Waals surface area contributed by atoms with Crippen LogP contribution in [0.25, 0.3) is 22.3 Å². The number of esters is 2. The van der Waals surface area contributed by atoms with Gasteiger partial charge in [0.15, 0.2) is 0 Å². The summed E-state index contributed by atoms with van der Waals surface area (Å²) in [4.78, 5) is 68.7. The van der Waals surface area contributed by atoms with Gasteiger partial charge in [-0.15, -0.1) is 0 Å². The minimum Gasteiger partial charge on any atom is -0.469 e. The molecule has 1 spiro atoms. The Labute approximate surface area is 367 Å². The van der Waals surface area contributed by atoms with Gasteiger partial charge in [0.25, 0.3) is 0 Å². The van der Waals surface area contributed by atoms with E-state index in [1.807, 2.05) is 43.7 Å². The van der Waals surface area contributed by atoms with Crippen molar-refractivity contribution in [2.45, 2.75) is 122 Å².